The number of hydrogen-bond acceptors (Lipinski definition) is 4. The lowest BCUT2D eigenvalue weighted by Gasteiger charge is -2.30. The van der Waals surface area contributed by atoms with E-state index in [4.69, 9.17) is 4.74 Å². The largest absolute Gasteiger partial charge is 0.376 e. The number of ether oxygens (including phenoxy) is 1. The monoisotopic (exact) mass is 287 g/mol. The minimum absolute atomic E-state index is 0.0345. The SMILES string of the molecule is C[C@@]1(NS(=O)(=O)c2cccs2)CCO[C@H]1C1CC1. The van der Waals surface area contributed by atoms with E-state index in [9.17, 15) is 8.42 Å². The fourth-order valence-corrected chi connectivity index (χ4v) is 5.10. The molecule has 0 bridgehead atoms. The van der Waals surface area contributed by atoms with Crippen LogP contribution in [0.2, 0.25) is 0 Å². The lowest BCUT2D eigenvalue weighted by molar-refractivity contribution is 0.0629. The van der Waals surface area contributed by atoms with E-state index in [1.165, 1.54) is 11.3 Å². The minimum atomic E-state index is -3.41. The van der Waals surface area contributed by atoms with E-state index in [0.29, 0.717) is 16.7 Å². The van der Waals surface area contributed by atoms with Crippen molar-refractivity contribution in [3.05, 3.63) is 17.5 Å². The first-order valence-electron chi connectivity index (χ1n) is 6.20. The topological polar surface area (TPSA) is 55.4 Å². The molecule has 1 N–H and O–H groups in total. The Kier molecular flexibility index (Phi) is 3.01. The van der Waals surface area contributed by atoms with Crippen LogP contribution in [0.1, 0.15) is 26.2 Å². The van der Waals surface area contributed by atoms with Gasteiger partial charge in [-0.05, 0) is 43.6 Å². The molecule has 1 aromatic heterocycles. The fourth-order valence-electron chi connectivity index (χ4n) is 2.66. The predicted octanol–water partition coefficient (Wildman–Crippen LogP) is 1.98. The van der Waals surface area contributed by atoms with Crippen LogP contribution < -0.4 is 4.72 Å². The molecule has 4 nitrogen and oxygen atoms in total. The van der Waals surface area contributed by atoms with Gasteiger partial charge in [0.15, 0.2) is 0 Å². The molecule has 2 atom stereocenters. The van der Waals surface area contributed by atoms with Gasteiger partial charge in [0.05, 0.1) is 11.6 Å². The zero-order valence-corrected chi connectivity index (χ0v) is 11.9. The second-order valence-corrected chi connectivity index (χ2v) is 8.19. The number of nitrogens with one attached hydrogen (secondary N) is 1. The van der Waals surface area contributed by atoms with Crippen LogP contribution in [-0.2, 0) is 14.8 Å². The van der Waals surface area contributed by atoms with Crippen LogP contribution in [0.4, 0.5) is 0 Å². The van der Waals surface area contributed by atoms with E-state index in [2.05, 4.69) is 4.72 Å². The van der Waals surface area contributed by atoms with Crippen LogP contribution in [0.25, 0.3) is 0 Å². The highest BCUT2D eigenvalue weighted by molar-refractivity contribution is 7.91. The molecule has 1 saturated carbocycles. The molecule has 0 spiro atoms. The Morgan fingerprint density at radius 3 is 2.89 bits per heavy atom. The van der Waals surface area contributed by atoms with Gasteiger partial charge < -0.3 is 4.74 Å². The average molecular weight is 287 g/mol. The molecule has 2 aliphatic rings. The van der Waals surface area contributed by atoms with E-state index < -0.39 is 15.6 Å². The van der Waals surface area contributed by atoms with Crippen LogP contribution in [0.15, 0.2) is 21.7 Å². The summed E-state index contributed by atoms with van der Waals surface area (Å²) in [5, 5.41) is 1.78. The molecular formula is C12H17NO3S2. The Balaban J connectivity index is 1.83. The van der Waals surface area contributed by atoms with Gasteiger partial charge in [0.1, 0.15) is 4.21 Å². The standard InChI is InChI=1S/C12H17NO3S2/c1-12(6-7-16-11(12)9-4-5-9)13-18(14,15)10-3-2-8-17-10/h2-3,8-9,11,13H,4-7H2,1H3/t11-,12+/m0/s1. The zero-order chi connectivity index (χ0) is 12.8. The smallest absolute Gasteiger partial charge is 0.250 e. The second kappa shape index (κ2) is 4.30. The van der Waals surface area contributed by atoms with Crippen LogP contribution >= 0.6 is 11.3 Å². The van der Waals surface area contributed by atoms with Gasteiger partial charge in [0, 0.05) is 6.61 Å². The highest BCUT2D eigenvalue weighted by Crippen LogP contribution is 2.43. The van der Waals surface area contributed by atoms with Crippen molar-refractivity contribution in [2.24, 2.45) is 5.92 Å². The van der Waals surface area contributed by atoms with Crippen molar-refractivity contribution in [1.29, 1.82) is 0 Å². The summed E-state index contributed by atoms with van der Waals surface area (Å²) in [6.07, 6.45) is 3.09. The second-order valence-electron chi connectivity index (χ2n) is 5.33. The molecule has 100 valence electrons. The first-order chi connectivity index (χ1) is 8.51. The molecule has 2 heterocycles. The van der Waals surface area contributed by atoms with Crippen LogP contribution in [0.3, 0.4) is 0 Å². The maximum atomic E-state index is 12.3. The lowest BCUT2D eigenvalue weighted by Crippen LogP contribution is -2.52. The quantitative estimate of drug-likeness (QED) is 0.921. The number of sulfonamides is 1. The average Bonchev–Trinajstić information content (AvgIpc) is 2.83. The van der Waals surface area contributed by atoms with Crippen molar-refractivity contribution in [3.8, 4) is 0 Å². The highest BCUT2D eigenvalue weighted by Gasteiger charge is 2.50. The van der Waals surface area contributed by atoms with Crippen molar-refractivity contribution < 1.29 is 13.2 Å². The molecular weight excluding hydrogens is 270 g/mol. The van der Waals surface area contributed by atoms with E-state index >= 15 is 0 Å². The van der Waals surface area contributed by atoms with Crippen LogP contribution in [0.5, 0.6) is 0 Å². The molecule has 2 fully saturated rings. The molecule has 1 aliphatic heterocycles. The Labute approximate surface area is 111 Å². The third-order valence-corrected chi connectivity index (χ3v) is 6.73. The molecule has 0 aromatic carbocycles. The predicted molar refractivity (Wildman–Crippen MR) is 70.1 cm³/mol. The number of thiophene rings is 1. The van der Waals surface area contributed by atoms with E-state index in [-0.39, 0.29) is 6.10 Å². The minimum Gasteiger partial charge on any atom is -0.376 e. The maximum absolute atomic E-state index is 12.3. The zero-order valence-electron chi connectivity index (χ0n) is 10.3. The Morgan fingerprint density at radius 2 is 2.28 bits per heavy atom. The van der Waals surface area contributed by atoms with Crippen LogP contribution in [-0.4, -0.2) is 26.7 Å². The van der Waals surface area contributed by atoms with Gasteiger partial charge in [-0.2, -0.15) is 0 Å². The maximum Gasteiger partial charge on any atom is 0.250 e. The van der Waals surface area contributed by atoms with Gasteiger partial charge in [-0.1, -0.05) is 6.07 Å². The molecule has 0 unspecified atom stereocenters. The van der Waals surface area contributed by atoms with Crippen molar-refractivity contribution >= 4 is 21.4 Å². The molecule has 6 heteroatoms. The van der Waals surface area contributed by atoms with Crippen molar-refractivity contribution in [3.63, 3.8) is 0 Å². The number of rotatable bonds is 4. The Morgan fingerprint density at radius 1 is 1.50 bits per heavy atom. The van der Waals surface area contributed by atoms with Crippen molar-refractivity contribution in [2.75, 3.05) is 6.61 Å². The van der Waals surface area contributed by atoms with Crippen molar-refractivity contribution in [2.45, 2.75) is 42.0 Å². The van der Waals surface area contributed by atoms with Gasteiger partial charge in [0.25, 0.3) is 10.0 Å². The summed E-state index contributed by atoms with van der Waals surface area (Å²) in [6.45, 7) is 2.61. The molecule has 1 aliphatic carbocycles. The lowest BCUT2D eigenvalue weighted by atomic mass is 9.92. The van der Waals surface area contributed by atoms with Crippen molar-refractivity contribution in [1.82, 2.24) is 4.72 Å². The molecule has 0 amide bonds. The first kappa shape index (κ1) is 12.6. The van der Waals surface area contributed by atoms with Crippen LogP contribution in [0, 0.1) is 5.92 Å². The summed E-state index contributed by atoms with van der Waals surface area (Å²) < 4.78 is 33.5. The molecule has 1 aromatic rings. The first-order valence-corrected chi connectivity index (χ1v) is 8.57. The third-order valence-electron chi connectivity index (χ3n) is 3.72. The normalized spacial score (nSPS) is 32.8. The van der Waals surface area contributed by atoms with Gasteiger partial charge >= 0.3 is 0 Å². The molecule has 0 radical (unpaired) electrons. The molecule has 1 saturated heterocycles. The van der Waals surface area contributed by atoms with E-state index in [1.807, 2.05) is 6.92 Å². The summed E-state index contributed by atoms with van der Waals surface area (Å²) >= 11 is 1.25. The molecule has 18 heavy (non-hydrogen) atoms. The van der Waals surface area contributed by atoms with E-state index in [0.717, 1.165) is 19.3 Å². The summed E-state index contributed by atoms with van der Waals surface area (Å²) in [5.74, 6) is 0.531. The fraction of sp³-hybridized carbons (Fsp3) is 0.667. The highest BCUT2D eigenvalue weighted by atomic mass is 32.2. The number of hydrogen-bond donors (Lipinski definition) is 1. The Hall–Kier alpha value is -0.430. The van der Waals surface area contributed by atoms with Gasteiger partial charge in [0.2, 0.25) is 0 Å². The molecule has 3 rings (SSSR count). The summed E-state index contributed by atoms with van der Waals surface area (Å²) in [5.41, 5.74) is -0.454. The summed E-state index contributed by atoms with van der Waals surface area (Å²) in [6, 6.07) is 3.39. The third kappa shape index (κ3) is 2.22. The van der Waals surface area contributed by atoms with Gasteiger partial charge in [-0.15, -0.1) is 11.3 Å². The van der Waals surface area contributed by atoms with Gasteiger partial charge in [-0.3, -0.25) is 0 Å². The van der Waals surface area contributed by atoms with E-state index in [1.54, 1.807) is 17.5 Å². The van der Waals surface area contributed by atoms with Gasteiger partial charge in [-0.25, -0.2) is 13.1 Å². The Bertz CT molecular complexity index is 522. The summed E-state index contributed by atoms with van der Waals surface area (Å²) in [7, 11) is -3.41. The summed E-state index contributed by atoms with van der Waals surface area (Å²) in [4.78, 5) is 0.